The van der Waals surface area contributed by atoms with Gasteiger partial charge in [0.1, 0.15) is 5.82 Å². The van der Waals surface area contributed by atoms with Crippen LogP contribution in [0.15, 0.2) is 35.4 Å². The van der Waals surface area contributed by atoms with E-state index in [0.717, 1.165) is 18.5 Å². The summed E-state index contributed by atoms with van der Waals surface area (Å²) in [7, 11) is -1.76. The molecule has 0 saturated carbocycles. The summed E-state index contributed by atoms with van der Waals surface area (Å²) < 4.78 is 42.2. The third-order valence-electron chi connectivity index (χ3n) is 4.29. The lowest BCUT2D eigenvalue weighted by molar-refractivity contribution is 0.311. The minimum atomic E-state index is -3.61. The van der Waals surface area contributed by atoms with Gasteiger partial charge in [-0.2, -0.15) is 9.40 Å². The molecule has 23 heavy (non-hydrogen) atoms. The lowest BCUT2D eigenvalue weighted by Gasteiger charge is -2.31. The average Bonchev–Trinajstić information content (AvgIpc) is 2.93. The number of piperidine rings is 1. The van der Waals surface area contributed by atoms with Crippen LogP contribution in [0.4, 0.5) is 4.39 Å². The minimum Gasteiger partial charge on any atom is -0.276 e. The van der Waals surface area contributed by atoms with Crippen LogP contribution < -0.4 is 0 Å². The van der Waals surface area contributed by atoms with E-state index in [1.165, 1.54) is 22.5 Å². The van der Waals surface area contributed by atoms with Crippen molar-refractivity contribution in [3.05, 3.63) is 47.5 Å². The van der Waals surface area contributed by atoms with Crippen LogP contribution in [0.25, 0.3) is 0 Å². The molecule has 1 unspecified atom stereocenters. The zero-order valence-corrected chi connectivity index (χ0v) is 14.1. The normalized spacial score (nSPS) is 19.9. The van der Waals surface area contributed by atoms with Crippen molar-refractivity contribution in [3.8, 4) is 0 Å². The first kappa shape index (κ1) is 16.1. The Kier molecular flexibility index (Phi) is 4.25. The molecule has 1 aliphatic rings. The zero-order valence-electron chi connectivity index (χ0n) is 13.2. The predicted octanol–water partition coefficient (Wildman–Crippen LogP) is 2.44. The van der Waals surface area contributed by atoms with Gasteiger partial charge >= 0.3 is 0 Å². The summed E-state index contributed by atoms with van der Waals surface area (Å²) in [4.78, 5) is 0.181. The molecule has 2 heterocycles. The van der Waals surface area contributed by atoms with Crippen molar-refractivity contribution < 1.29 is 12.8 Å². The highest BCUT2D eigenvalue weighted by Crippen LogP contribution is 2.30. The number of aryl methyl sites for hydroxylation is 2. The van der Waals surface area contributed by atoms with Crippen LogP contribution in [0.5, 0.6) is 0 Å². The van der Waals surface area contributed by atoms with Crippen molar-refractivity contribution in [1.82, 2.24) is 14.1 Å². The van der Waals surface area contributed by atoms with E-state index in [0.29, 0.717) is 18.7 Å². The maximum absolute atomic E-state index is 13.2. The number of rotatable bonds is 3. The van der Waals surface area contributed by atoms with Gasteiger partial charge in [0.05, 0.1) is 10.6 Å². The lowest BCUT2D eigenvalue weighted by Crippen LogP contribution is -2.39. The maximum atomic E-state index is 13.2. The van der Waals surface area contributed by atoms with Crippen LogP contribution in [0.2, 0.25) is 0 Å². The Morgan fingerprint density at radius 2 is 2.09 bits per heavy atom. The summed E-state index contributed by atoms with van der Waals surface area (Å²) in [5, 5.41) is 4.40. The van der Waals surface area contributed by atoms with E-state index in [1.807, 2.05) is 19.3 Å². The maximum Gasteiger partial charge on any atom is 0.243 e. The van der Waals surface area contributed by atoms with E-state index in [2.05, 4.69) is 5.10 Å². The third-order valence-corrected chi connectivity index (χ3v) is 6.32. The fourth-order valence-corrected chi connectivity index (χ4v) is 4.82. The second-order valence-electron chi connectivity index (χ2n) is 6.03. The number of hydrogen-bond acceptors (Lipinski definition) is 3. The minimum absolute atomic E-state index is 0.0977. The van der Waals surface area contributed by atoms with Crippen molar-refractivity contribution in [2.75, 3.05) is 13.1 Å². The molecular formula is C16H20FN3O2S. The van der Waals surface area contributed by atoms with Crippen molar-refractivity contribution in [2.24, 2.45) is 7.05 Å². The molecule has 1 aliphatic heterocycles. The molecule has 1 atom stereocenters. The first-order chi connectivity index (χ1) is 10.9. The van der Waals surface area contributed by atoms with E-state index in [4.69, 9.17) is 0 Å². The smallest absolute Gasteiger partial charge is 0.243 e. The van der Waals surface area contributed by atoms with Crippen LogP contribution in [0.3, 0.4) is 0 Å². The highest BCUT2D eigenvalue weighted by atomic mass is 32.2. The summed E-state index contributed by atoms with van der Waals surface area (Å²) in [6.07, 6.45) is 3.58. The molecule has 7 heteroatoms. The van der Waals surface area contributed by atoms with Crippen LogP contribution in [-0.4, -0.2) is 35.6 Å². The first-order valence-corrected chi connectivity index (χ1v) is 9.08. The predicted molar refractivity (Wildman–Crippen MR) is 85.1 cm³/mol. The van der Waals surface area contributed by atoms with E-state index < -0.39 is 15.8 Å². The fraction of sp³-hybridized carbons (Fsp3) is 0.438. The summed E-state index contributed by atoms with van der Waals surface area (Å²) in [6.45, 7) is 2.52. The van der Waals surface area contributed by atoms with E-state index in [-0.39, 0.29) is 10.8 Å². The average molecular weight is 337 g/mol. The standard InChI is InChI=1S/C16H20FN3O2S/c1-12-10-14(17)5-6-16(12)23(21,22)20-8-3-4-13(11-20)15-7-9-19(2)18-15/h5-7,9-10,13H,3-4,8,11H2,1-2H3. The molecule has 0 bridgehead atoms. The van der Waals surface area contributed by atoms with Gasteiger partial charge in [-0.3, -0.25) is 4.68 Å². The van der Waals surface area contributed by atoms with E-state index in [9.17, 15) is 12.8 Å². The summed E-state index contributed by atoms with van der Waals surface area (Å²) in [5.74, 6) is -0.327. The second kappa shape index (κ2) is 6.05. The Hall–Kier alpha value is -1.73. The third kappa shape index (κ3) is 3.16. The van der Waals surface area contributed by atoms with Crippen LogP contribution >= 0.6 is 0 Å². The van der Waals surface area contributed by atoms with E-state index >= 15 is 0 Å². The Morgan fingerprint density at radius 3 is 2.74 bits per heavy atom. The topological polar surface area (TPSA) is 55.2 Å². The highest BCUT2D eigenvalue weighted by Gasteiger charge is 2.32. The van der Waals surface area contributed by atoms with Gasteiger partial charge in [-0.15, -0.1) is 0 Å². The Balaban J connectivity index is 1.87. The Morgan fingerprint density at radius 1 is 1.30 bits per heavy atom. The summed E-state index contributed by atoms with van der Waals surface area (Å²) in [6, 6.07) is 5.74. The van der Waals surface area contributed by atoms with Crippen molar-refractivity contribution >= 4 is 10.0 Å². The monoisotopic (exact) mass is 337 g/mol. The van der Waals surface area contributed by atoms with Crippen LogP contribution in [0, 0.1) is 12.7 Å². The SMILES string of the molecule is Cc1cc(F)ccc1S(=O)(=O)N1CCCC(c2ccn(C)n2)C1. The Bertz CT molecular complexity index is 816. The molecule has 2 aromatic rings. The molecule has 3 rings (SSSR count). The molecule has 0 aliphatic carbocycles. The van der Waals surface area contributed by atoms with Gasteiger partial charge in [0.15, 0.2) is 0 Å². The van der Waals surface area contributed by atoms with Gasteiger partial charge in [-0.25, -0.2) is 12.8 Å². The number of aromatic nitrogens is 2. The van der Waals surface area contributed by atoms with Crippen molar-refractivity contribution in [2.45, 2.75) is 30.6 Å². The molecule has 0 amide bonds. The van der Waals surface area contributed by atoms with Crippen LogP contribution in [-0.2, 0) is 17.1 Å². The van der Waals surface area contributed by atoms with Gasteiger partial charge < -0.3 is 0 Å². The van der Waals surface area contributed by atoms with Crippen molar-refractivity contribution in [3.63, 3.8) is 0 Å². The van der Waals surface area contributed by atoms with Gasteiger partial charge in [-0.05, 0) is 49.6 Å². The zero-order chi connectivity index (χ0) is 16.6. The molecule has 1 aromatic heterocycles. The highest BCUT2D eigenvalue weighted by molar-refractivity contribution is 7.89. The molecule has 0 N–H and O–H groups in total. The number of hydrogen-bond donors (Lipinski definition) is 0. The second-order valence-corrected chi connectivity index (χ2v) is 7.93. The molecule has 1 saturated heterocycles. The number of nitrogens with zero attached hydrogens (tertiary/aromatic N) is 3. The molecule has 5 nitrogen and oxygen atoms in total. The van der Waals surface area contributed by atoms with Gasteiger partial charge in [-0.1, -0.05) is 0 Å². The molecule has 0 radical (unpaired) electrons. The number of sulfonamides is 1. The van der Waals surface area contributed by atoms with Crippen molar-refractivity contribution in [1.29, 1.82) is 0 Å². The Labute approximate surface area is 135 Å². The molecule has 0 spiro atoms. The quantitative estimate of drug-likeness (QED) is 0.864. The van der Waals surface area contributed by atoms with E-state index in [1.54, 1.807) is 11.6 Å². The first-order valence-electron chi connectivity index (χ1n) is 7.64. The van der Waals surface area contributed by atoms with Gasteiger partial charge in [0, 0.05) is 32.3 Å². The molecule has 1 fully saturated rings. The lowest BCUT2D eigenvalue weighted by atomic mass is 9.96. The van der Waals surface area contributed by atoms with Crippen LogP contribution in [0.1, 0.15) is 30.0 Å². The number of benzene rings is 1. The largest absolute Gasteiger partial charge is 0.276 e. The molecule has 124 valence electrons. The summed E-state index contributed by atoms with van der Waals surface area (Å²) in [5.41, 5.74) is 1.35. The fourth-order valence-electron chi connectivity index (χ4n) is 3.09. The van der Waals surface area contributed by atoms with Gasteiger partial charge in [0.2, 0.25) is 10.0 Å². The number of halogens is 1. The summed E-state index contributed by atoms with van der Waals surface area (Å²) >= 11 is 0. The molecular weight excluding hydrogens is 317 g/mol. The molecule has 1 aromatic carbocycles. The van der Waals surface area contributed by atoms with Gasteiger partial charge in [0.25, 0.3) is 0 Å².